The lowest BCUT2D eigenvalue weighted by Gasteiger charge is -2.24. The average Bonchev–Trinajstić information content (AvgIpc) is 2.75. The number of nitrogens with one attached hydrogen (secondary N) is 1. The normalized spacial score (nSPS) is 12.2. The van der Waals surface area contributed by atoms with E-state index in [2.05, 4.69) is 23.5 Å². The molecule has 0 radical (unpaired) electrons. The van der Waals surface area contributed by atoms with E-state index < -0.39 is 0 Å². The van der Waals surface area contributed by atoms with Crippen LogP contribution in [0.25, 0.3) is 0 Å². The summed E-state index contributed by atoms with van der Waals surface area (Å²) in [6, 6.07) is 0.198. The van der Waals surface area contributed by atoms with Crippen LogP contribution in [0.15, 0.2) is 0 Å². The Balaban J connectivity index is 2.75. The van der Waals surface area contributed by atoms with Crippen LogP contribution in [0.3, 0.4) is 0 Å². The van der Waals surface area contributed by atoms with Crippen molar-refractivity contribution in [1.29, 1.82) is 0 Å². The quantitative estimate of drug-likeness (QED) is 0.809. The van der Waals surface area contributed by atoms with Gasteiger partial charge >= 0.3 is 0 Å². The Kier molecular flexibility index (Phi) is 6.44. The number of hydrogen-bond acceptors (Lipinski definition) is 6. The highest BCUT2D eigenvalue weighted by atomic mass is 32.2. The van der Waals surface area contributed by atoms with Crippen LogP contribution in [-0.4, -0.2) is 47.4 Å². The Hall–Kier alpha value is -0.950. The molecule has 19 heavy (non-hydrogen) atoms. The second-order valence-electron chi connectivity index (χ2n) is 4.31. The number of thiazole rings is 1. The van der Waals surface area contributed by atoms with Crippen LogP contribution in [0.2, 0.25) is 0 Å². The molecule has 0 aromatic carbocycles. The third-order valence-corrected chi connectivity index (χ3v) is 4.56. The van der Waals surface area contributed by atoms with Crippen molar-refractivity contribution in [3.8, 4) is 0 Å². The van der Waals surface area contributed by atoms with E-state index >= 15 is 0 Å². The fraction of sp³-hybridized carbons (Fsp3) is 0.667. The lowest BCUT2D eigenvalue weighted by atomic mass is 10.2. The van der Waals surface area contributed by atoms with Crippen LogP contribution in [-0.2, 0) is 0 Å². The summed E-state index contributed by atoms with van der Waals surface area (Å²) in [7, 11) is 1.82. The van der Waals surface area contributed by atoms with Crippen molar-refractivity contribution >= 4 is 40.0 Å². The maximum Gasteiger partial charge on any atom is 0.267 e. The molecule has 0 saturated carbocycles. The van der Waals surface area contributed by atoms with Gasteiger partial charge < -0.3 is 16.0 Å². The number of nitrogens with two attached hydrogens (primary N) is 1. The van der Waals surface area contributed by atoms with Crippen LogP contribution in [0.1, 0.15) is 29.9 Å². The maximum absolute atomic E-state index is 12.4. The topological polar surface area (TPSA) is 71.2 Å². The standard InChI is InChI=1S/C12H22N4OS2/c1-5-14-12-15-10(13)9(19-12)11(17)16(3)8(2)6-7-18-4/h8H,5-7,13H2,1-4H3,(H,14,15). The number of amides is 1. The largest absolute Gasteiger partial charge is 0.382 e. The molecular formula is C12H22N4OS2. The molecule has 1 rings (SSSR count). The first-order chi connectivity index (χ1) is 9.01. The smallest absolute Gasteiger partial charge is 0.267 e. The van der Waals surface area contributed by atoms with Crippen molar-refractivity contribution < 1.29 is 4.79 Å². The molecule has 1 atom stereocenters. The highest BCUT2D eigenvalue weighted by Gasteiger charge is 2.22. The number of carbonyl (C=O) groups is 1. The van der Waals surface area contributed by atoms with Gasteiger partial charge in [-0.1, -0.05) is 11.3 Å². The van der Waals surface area contributed by atoms with E-state index in [1.54, 1.807) is 16.7 Å². The monoisotopic (exact) mass is 302 g/mol. The van der Waals surface area contributed by atoms with Crippen LogP contribution < -0.4 is 11.1 Å². The molecule has 7 heteroatoms. The molecule has 108 valence electrons. The molecule has 1 aromatic heterocycles. The maximum atomic E-state index is 12.4. The summed E-state index contributed by atoms with van der Waals surface area (Å²) in [4.78, 5) is 18.8. The van der Waals surface area contributed by atoms with E-state index in [0.717, 1.165) is 18.7 Å². The molecule has 0 aliphatic rings. The fourth-order valence-electron chi connectivity index (χ4n) is 1.55. The molecule has 3 N–H and O–H groups in total. The highest BCUT2D eigenvalue weighted by Crippen LogP contribution is 2.26. The number of nitrogens with zero attached hydrogens (tertiary/aromatic N) is 2. The van der Waals surface area contributed by atoms with E-state index in [9.17, 15) is 4.79 Å². The van der Waals surface area contributed by atoms with Gasteiger partial charge in [0.1, 0.15) is 10.7 Å². The highest BCUT2D eigenvalue weighted by molar-refractivity contribution is 7.98. The first-order valence-corrected chi connectivity index (χ1v) is 8.48. The Morgan fingerprint density at radius 2 is 2.32 bits per heavy atom. The lowest BCUT2D eigenvalue weighted by Crippen LogP contribution is -2.35. The van der Waals surface area contributed by atoms with Crippen molar-refractivity contribution in [1.82, 2.24) is 9.88 Å². The van der Waals surface area contributed by atoms with Crippen molar-refractivity contribution in [3.05, 3.63) is 4.88 Å². The van der Waals surface area contributed by atoms with Gasteiger partial charge in [-0.15, -0.1) is 0 Å². The summed E-state index contributed by atoms with van der Waals surface area (Å²) in [5, 5.41) is 3.78. The zero-order valence-corrected chi connectivity index (χ0v) is 13.5. The minimum absolute atomic E-state index is 0.0484. The van der Waals surface area contributed by atoms with Gasteiger partial charge in [-0.25, -0.2) is 4.98 Å². The molecule has 0 fully saturated rings. The van der Waals surface area contributed by atoms with Gasteiger partial charge in [-0.05, 0) is 32.3 Å². The van der Waals surface area contributed by atoms with Crippen LogP contribution >= 0.6 is 23.1 Å². The third-order valence-electron chi connectivity index (χ3n) is 2.90. The second-order valence-corrected chi connectivity index (χ2v) is 6.29. The summed E-state index contributed by atoms with van der Waals surface area (Å²) in [5.41, 5.74) is 5.82. The zero-order valence-electron chi connectivity index (χ0n) is 11.9. The molecule has 0 bridgehead atoms. The van der Waals surface area contributed by atoms with Gasteiger partial charge in [0.25, 0.3) is 5.91 Å². The lowest BCUT2D eigenvalue weighted by molar-refractivity contribution is 0.0747. The molecule has 0 aliphatic carbocycles. The van der Waals surface area contributed by atoms with E-state index in [4.69, 9.17) is 5.73 Å². The molecule has 0 saturated heterocycles. The first kappa shape index (κ1) is 16.1. The van der Waals surface area contributed by atoms with Crippen LogP contribution in [0, 0.1) is 0 Å². The third kappa shape index (κ3) is 4.28. The molecule has 1 unspecified atom stereocenters. The number of thioether (sulfide) groups is 1. The minimum Gasteiger partial charge on any atom is -0.382 e. The molecule has 0 spiro atoms. The predicted molar refractivity (Wildman–Crippen MR) is 85.2 cm³/mol. The van der Waals surface area contributed by atoms with Gasteiger partial charge in [0, 0.05) is 19.6 Å². The van der Waals surface area contributed by atoms with Gasteiger partial charge in [0.15, 0.2) is 5.13 Å². The Morgan fingerprint density at radius 3 is 2.89 bits per heavy atom. The van der Waals surface area contributed by atoms with Gasteiger partial charge in [0.05, 0.1) is 0 Å². The molecule has 0 aliphatic heterocycles. The molecule has 1 aromatic rings. The predicted octanol–water partition coefficient (Wildman–Crippen LogP) is 2.37. The number of anilines is 2. The number of aromatic nitrogens is 1. The van der Waals surface area contributed by atoms with Crippen LogP contribution in [0.5, 0.6) is 0 Å². The minimum atomic E-state index is -0.0484. The Labute approximate surface area is 123 Å². The van der Waals surface area contributed by atoms with E-state index in [0.29, 0.717) is 15.8 Å². The van der Waals surface area contributed by atoms with Crippen LogP contribution in [0.4, 0.5) is 10.9 Å². The van der Waals surface area contributed by atoms with Crippen molar-refractivity contribution in [3.63, 3.8) is 0 Å². The van der Waals surface area contributed by atoms with Gasteiger partial charge in [-0.2, -0.15) is 11.8 Å². The fourth-order valence-corrected chi connectivity index (χ4v) is 3.07. The number of carbonyl (C=O) groups excluding carboxylic acids is 1. The summed E-state index contributed by atoms with van der Waals surface area (Å²) in [6.45, 7) is 4.80. The first-order valence-electron chi connectivity index (χ1n) is 6.27. The van der Waals surface area contributed by atoms with Gasteiger partial charge in [0.2, 0.25) is 0 Å². The van der Waals surface area contributed by atoms with Crippen molar-refractivity contribution in [2.45, 2.75) is 26.3 Å². The van der Waals surface area contributed by atoms with E-state index in [1.165, 1.54) is 11.3 Å². The zero-order chi connectivity index (χ0) is 14.4. The van der Waals surface area contributed by atoms with Crippen molar-refractivity contribution in [2.24, 2.45) is 0 Å². The summed E-state index contributed by atoms with van der Waals surface area (Å²) in [6.07, 6.45) is 3.04. The summed E-state index contributed by atoms with van der Waals surface area (Å²) in [5.74, 6) is 1.31. The molecular weight excluding hydrogens is 280 g/mol. The van der Waals surface area contributed by atoms with E-state index in [1.807, 2.05) is 14.0 Å². The van der Waals surface area contributed by atoms with Crippen molar-refractivity contribution in [2.75, 3.05) is 36.7 Å². The Morgan fingerprint density at radius 1 is 1.63 bits per heavy atom. The average molecular weight is 302 g/mol. The Bertz CT molecular complexity index is 422. The number of nitrogen functional groups attached to an aromatic ring is 1. The molecule has 5 nitrogen and oxygen atoms in total. The van der Waals surface area contributed by atoms with Gasteiger partial charge in [-0.3, -0.25) is 4.79 Å². The number of hydrogen-bond donors (Lipinski definition) is 2. The SMILES string of the molecule is CCNc1nc(N)c(C(=O)N(C)C(C)CCSC)s1. The summed E-state index contributed by atoms with van der Waals surface area (Å²) < 4.78 is 0. The number of rotatable bonds is 7. The molecule has 1 amide bonds. The summed E-state index contributed by atoms with van der Waals surface area (Å²) >= 11 is 3.10. The van der Waals surface area contributed by atoms with E-state index in [-0.39, 0.29) is 11.9 Å². The second kappa shape index (κ2) is 7.59. The molecule has 1 heterocycles.